The largest absolute Gasteiger partial charge is 0.468 e. The zero-order valence-corrected chi connectivity index (χ0v) is 12.6. The predicted molar refractivity (Wildman–Crippen MR) is 80.4 cm³/mol. The Morgan fingerprint density at radius 2 is 2.24 bits per heavy atom. The Bertz CT molecular complexity index is 519. The van der Waals surface area contributed by atoms with Crippen molar-refractivity contribution >= 4 is 23.4 Å². The number of para-hydroxylation sites is 1. The molecule has 1 aliphatic rings. The molecule has 0 amide bonds. The van der Waals surface area contributed by atoms with Crippen molar-refractivity contribution in [2.45, 2.75) is 36.2 Å². The lowest BCUT2D eigenvalue weighted by Crippen LogP contribution is -2.39. The summed E-state index contributed by atoms with van der Waals surface area (Å²) >= 11 is 1.39. The zero-order valence-electron chi connectivity index (χ0n) is 11.8. The van der Waals surface area contributed by atoms with Gasteiger partial charge in [-0.05, 0) is 25.3 Å². The molecule has 1 unspecified atom stereocenters. The van der Waals surface area contributed by atoms with Gasteiger partial charge >= 0.3 is 5.97 Å². The molecule has 114 valence electrons. The quantitative estimate of drug-likeness (QED) is 0.343. The molecule has 0 heterocycles. The first kappa shape index (κ1) is 15.8. The SMILES string of the molecule is COC(=O)C(CCSc1ccccc1[N+](=O)[O-])NC1CC1. The number of thioether (sulfide) groups is 1. The van der Waals surface area contributed by atoms with Gasteiger partial charge in [0, 0.05) is 17.9 Å². The molecule has 0 saturated heterocycles. The van der Waals surface area contributed by atoms with Crippen LogP contribution in [0, 0.1) is 10.1 Å². The summed E-state index contributed by atoms with van der Waals surface area (Å²) in [5, 5.41) is 14.2. The molecule has 0 spiro atoms. The van der Waals surface area contributed by atoms with Gasteiger partial charge in [-0.15, -0.1) is 11.8 Å². The highest BCUT2D eigenvalue weighted by Crippen LogP contribution is 2.29. The molecular formula is C14H18N2O4S. The van der Waals surface area contributed by atoms with Crippen molar-refractivity contribution in [2.24, 2.45) is 0 Å². The van der Waals surface area contributed by atoms with Crippen LogP contribution in [0.15, 0.2) is 29.2 Å². The normalized spacial score (nSPS) is 15.5. The zero-order chi connectivity index (χ0) is 15.2. The van der Waals surface area contributed by atoms with E-state index in [2.05, 4.69) is 5.32 Å². The fraction of sp³-hybridized carbons (Fsp3) is 0.500. The third-order valence-corrected chi connectivity index (χ3v) is 4.32. The molecule has 7 heteroatoms. The van der Waals surface area contributed by atoms with Gasteiger partial charge in [0.25, 0.3) is 5.69 Å². The summed E-state index contributed by atoms with van der Waals surface area (Å²) in [6.07, 6.45) is 2.76. The van der Waals surface area contributed by atoms with E-state index in [4.69, 9.17) is 4.74 Å². The molecule has 0 aliphatic heterocycles. The maximum absolute atomic E-state index is 11.7. The number of ether oxygens (including phenoxy) is 1. The fourth-order valence-electron chi connectivity index (χ4n) is 1.96. The van der Waals surface area contributed by atoms with Crippen LogP contribution >= 0.6 is 11.8 Å². The number of nitrogens with one attached hydrogen (secondary N) is 1. The van der Waals surface area contributed by atoms with Crippen LogP contribution in [0.25, 0.3) is 0 Å². The average molecular weight is 310 g/mol. The Kier molecular flexibility index (Phi) is 5.58. The van der Waals surface area contributed by atoms with Crippen LogP contribution in [0.5, 0.6) is 0 Å². The first-order chi connectivity index (χ1) is 10.1. The Morgan fingerprint density at radius 1 is 1.52 bits per heavy atom. The first-order valence-electron chi connectivity index (χ1n) is 6.82. The van der Waals surface area contributed by atoms with E-state index in [-0.39, 0.29) is 22.6 Å². The van der Waals surface area contributed by atoms with Crippen LogP contribution in [0.4, 0.5) is 5.69 Å². The Morgan fingerprint density at radius 3 is 2.86 bits per heavy atom. The van der Waals surface area contributed by atoms with Gasteiger partial charge in [-0.3, -0.25) is 14.9 Å². The van der Waals surface area contributed by atoms with Crippen LogP contribution in [-0.2, 0) is 9.53 Å². The molecular weight excluding hydrogens is 292 g/mol. The molecule has 1 N–H and O–H groups in total. The smallest absolute Gasteiger partial charge is 0.322 e. The van der Waals surface area contributed by atoms with Crippen LogP contribution in [-0.4, -0.2) is 35.8 Å². The van der Waals surface area contributed by atoms with Gasteiger partial charge in [-0.2, -0.15) is 0 Å². The average Bonchev–Trinajstić information content (AvgIpc) is 3.29. The second kappa shape index (κ2) is 7.42. The lowest BCUT2D eigenvalue weighted by atomic mass is 10.2. The highest BCUT2D eigenvalue weighted by molar-refractivity contribution is 7.99. The fourth-order valence-corrected chi connectivity index (χ4v) is 3.00. The van der Waals surface area contributed by atoms with Gasteiger partial charge in [0.15, 0.2) is 0 Å². The lowest BCUT2D eigenvalue weighted by molar-refractivity contribution is -0.387. The van der Waals surface area contributed by atoms with Gasteiger partial charge < -0.3 is 10.1 Å². The number of rotatable bonds is 8. The molecule has 6 nitrogen and oxygen atoms in total. The predicted octanol–water partition coefficient (Wildman–Crippen LogP) is 2.37. The summed E-state index contributed by atoms with van der Waals surface area (Å²) in [5.74, 6) is 0.342. The maximum Gasteiger partial charge on any atom is 0.322 e. The van der Waals surface area contributed by atoms with Gasteiger partial charge in [-0.1, -0.05) is 12.1 Å². The van der Waals surface area contributed by atoms with Gasteiger partial charge in [0.2, 0.25) is 0 Å². The van der Waals surface area contributed by atoms with E-state index in [1.807, 2.05) is 0 Å². The molecule has 1 atom stereocenters. The highest BCUT2D eigenvalue weighted by atomic mass is 32.2. The number of nitro groups is 1. The molecule has 21 heavy (non-hydrogen) atoms. The highest BCUT2D eigenvalue weighted by Gasteiger charge is 2.28. The number of hydrogen-bond donors (Lipinski definition) is 1. The number of esters is 1. The second-order valence-corrected chi connectivity index (χ2v) is 6.02. The molecule has 1 fully saturated rings. The van der Waals surface area contributed by atoms with E-state index in [0.29, 0.717) is 23.1 Å². The summed E-state index contributed by atoms with van der Waals surface area (Å²) in [6.45, 7) is 0. The van der Waals surface area contributed by atoms with Crippen molar-refractivity contribution in [3.63, 3.8) is 0 Å². The number of nitrogens with zero attached hydrogens (tertiary/aromatic N) is 1. The van der Waals surface area contributed by atoms with Crippen LogP contribution < -0.4 is 5.32 Å². The summed E-state index contributed by atoms with van der Waals surface area (Å²) in [5.41, 5.74) is 0.104. The van der Waals surface area contributed by atoms with Gasteiger partial charge in [0.05, 0.1) is 16.9 Å². The molecule has 1 saturated carbocycles. The molecule has 0 radical (unpaired) electrons. The van der Waals surface area contributed by atoms with Crippen molar-refractivity contribution in [1.29, 1.82) is 0 Å². The third kappa shape index (κ3) is 4.71. The van der Waals surface area contributed by atoms with Crippen molar-refractivity contribution < 1.29 is 14.5 Å². The minimum absolute atomic E-state index is 0.104. The Balaban J connectivity index is 1.89. The molecule has 1 aromatic carbocycles. The van der Waals surface area contributed by atoms with Crippen molar-refractivity contribution in [2.75, 3.05) is 12.9 Å². The Labute approximate surface area is 127 Å². The van der Waals surface area contributed by atoms with Crippen molar-refractivity contribution in [1.82, 2.24) is 5.32 Å². The molecule has 0 bridgehead atoms. The van der Waals surface area contributed by atoms with Gasteiger partial charge in [0.1, 0.15) is 6.04 Å². The molecule has 1 aromatic rings. The summed E-state index contributed by atoms with van der Waals surface area (Å²) < 4.78 is 4.79. The lowest BCUT2D eigenvalue weighted by Gasteiger charge is -2.15. The van der Waals surface area contributed by atoms with E-state index in [1.165, 1.54) is 24.9 Å². The summed E-state index contributed by atoms with van der Waals surface area (Å²) in [6, 6.07) is 6.71. The number of nitro benzene ring substituents is 1. The van der Waals surface area contributed by atoms with E-state index in [0.717, 1.165) is 12.8 Å². The third-order valence-electron chi connectivity index (χ3n) is 3.23. The number of carbonyl (C=O) groups is 1. The topological polar surface area (TPSA) is 81.5 Å². The van der Waals surface area contributed by atoms with Crippen molar-refractivity contribution in [3.05, 3.63) is 34.4 Å². The molecule has 1 aliphatic carbocycles. The van der Waals surface area contributed by atoms with E-state index in [1.54, 1.807) is 18.2 Å². The minimum atomic E-state index is -0.386. The van der Waals surface area contributed by atoms with E-state index in [9.17, 15) is 14.9 Å². The van der Waals surface area contributed by atoms with Crippen molar-refractivity contribution in [3.8, 4) is 0 Å². The van der Waals surface area contributed by atoms with Crippen LogP contribution in [0.3, 0.4) is 0 Å². The monoisotopic (exact) mass is 310 g/mol. The van der Waals surface area contributed by atoms with Crippen LogP contribution in [0.2, 0.25) is 0 Å². The number of hydrogen-bond acceptors (Lipinski definition) is 6. The number of carbonyl (C=O) groups excluding carboxylic acids is 1. The second-order valence-electron chi connectivity index (χ2n) is 4.88. The van der Waals surface area contributed by atoms with E-state index >= 15 is 0 Å². The maximum atomic E-state index is 11.7. The first-order valence-corrected chi connectivity index (χ1v) is 7.80. The summed E-state index contributed by atoms with van der Waals surface area (Å²) in [7, 11) is 1.37. The minimum Gasteiger partial charge on any atom is -0.468 e. The summed E-state index contributed by atoms with van der Waals surface area (Å²) in [4.78, 5) is 22.9. The van der Waals surface area contributed by atoms with E-state index < -0.39 is 0 Å². The number of benzene rings is 1. The van der Waals surface area contributed by atoms with Crippen LogP contribution in [0.1, 0.15) is 19.3 Å². The van der Waals surface area contributed by atoms with Gasteiger partial charge in [-0.25, -0.2) is 0 Å². The molecule has 2 rings (SSSR count). The Hall–Kier alpha value is -1.60. The standard InChI is InChI=1S/C14H18N2O4S/c1-20-14(17)11(15-10-6-7-10)8-9-21-13-5-3-2-4-12(13)16(18)19/h2-5,10-11,15H,6-9H2,1H3. The number of methoxy groups -OCH3 is 1. The molecule has 0 aromatic heterocycles.